The fourth-order valence-electron chi connectivity index (χ4n) is 2.01. The molecule has 0 spiro atoms. The summed E-state index contributed by atoms with van der Waals surface area (Å²) in [6.45, 7) is 7.82. The molecule has 0 unspecified atom stereocenters. The van der Waals surface area contributed by atoms with Crippen molar-refractivity contribution in [2.45, 2.75) is 33.7 Å². The molecule has 0 aromatic carbocycles. The lowest BCUT2D eigenvalue weighted by molar-refractivity contribution is 0.0696. The third-order valence-corrected chi connectivity index (χ3v) is 2.78. The molecule has 0 amide bonds. The van der Waals surface area contributed by atoms with Crippen LogP contribution in [-0.2, 0) is 0 Å². The Kier molecular flexibility index (Phi) is 4.67. The minimum absolute atomic E-state index is 0.0358. The second kappa shape index (κ2) is 5.82. The highest BCUT2D eigenvalue weighted by Gasteiger charge is 2.22. The van der Waals surface area contributed by atoms with E-state index in [0.29, 0.717) is 17.9 Å². The number of anilines is 1. The van der Waals surface area contributed by atoms with Crippen molar-refractivity contribution in [3.8, 4) is 0 Å². The van der Waals surface area contributed by atoms with Gasteiger partial charge in [0.15, 0.2) is 0 Å². The number of carbonyl (C=O) groups is 1. The summed E-state index contributed by atoms with van der Waals surface area (Å²) in [4.78, 5) is 17.5. The van der Waals surface area contributed by atoms with E-state index in [2.05, 4.69) is 4.98 Å². The average molecular weight is 252 g/mol. The van der Waals surface area contributed by atoms with Crippen molar-refractivity contribution in [1.29, 1.82) is 0 Å². The molecule has 1 rings (SSSR count). The zero-order chi connectivity index (χ0) is 13.9. The van der Waals surface area contributed by atoms with E-state index in [-0.39, 0.29) is 18.2 Å². The Morgan fingerprint density at radius 2 is 2.06 bits per heavy atom. The number of aliphatic hydroxyl groups is 1. The van der Waals surface area contributed by atoms with Gasteiger partial charge in [-0.05, 0) is 39.3 Å². The highest BCUT2D eigenvalue weighted by atomic mass is 16.4. The minimum atomic E-state index is -0.987. The highest BCUT2D eigenvalue weighted by molar-refractivity contribution is 5.95. The number of carboxylic acid groups (broad SMARTS) is 1. The average Bonchev–Trinajstić information content (AvgIpc) is 2.23. The number of nitrogens with zero attached hydrogens (tertiary/aromatic N) is 2. The van der Waals surface area contributed by atoms with Crippen molar-refractivity contribution < 1.29 is 15.0 Å². The molecule has 5 nitrogen and oxygen atoms in total. The fraction of sp³-hybridized carbons (Fsp3) is 0.538. The zero-order valence-electron chi connectivity index (χ0n) is 11.3. The number of hydrogen-bond acceptors (Lipinski definition) is 4. The Morgan fingerprint density at radius 1 is 1.44 bits per heavy atom. The summed E-state index contributed by atoms with van der Waals surface area (Å²) in [6.07, 6.45) is 0. The van der Waals surface area contributed by atoms with E-state index in [1.165, 1.54) is 0 Å². The van der Waals surface area contributed by atoms with Crippen molar-refractivity contribution >= 4 is 11.8 Å². The molecule has 5 heteroatoms. The Balaban J connectivity index is 3.39. The molecular formula is C13H20N2O3. The highest BCUT2D eigenvalue weighted by Crippen LogP contribution is 2.24. The number of pyridine rings is 1. The van der Waals surface area contributed by atoms with Crippen LogP contribution >= 0.6 is 0 Å². The first-order valence-electron chi connectivity index (χ1n) is 5.97. The topological polar surface area (TPSA) is 73.7 Å². The van der Waals surface area contributed by atoms with Crippen molar-refractivity contribution in [2.24, 2.45) is 0 Å². The number of aromatic nitrogens is 1. The smallest absolute Gasteiger partial charge is 0.339 e. The van der Waals surface area contributed by atoms with Gasteiger partial charge in [-0.1, -0.05) is 0 Å². The van der Waals surface area contributed by atoms with Gasteiger partial charge >= 0.3 is 5.97 Å². The normalized spacial score (nSPS) is 10.8. The SMILES string of the molecule is Cc1cc(C)c(C(=O)O)c(N(CCO)C(C)C)n1. The quantitative estimate of drug-likeness (QED) is 0.832. The van der Waals surface area contributed by atoms with Gasteiger partial charge in [-0.2, -0.15) is 0 Å². The number of hydrogen-bond donors (Lipinski definition) is 2. The summed E-state index contributed by atoms with van der Waals surface area (Å²) in [5, 5.41) is 18.4. The molecule has 1 aromatic rings. The van der Waals surface area contributed by atoms with Crippen molar-refractivity contribution in [2.75, 3.05) is 18.1 Å². The lowest BCUT2D eigenvalue weighted by Gasteiger charge is -2.29. The molecule has 0 saturated heterocycles. The maximum absolute atomic E-state index is 11.4. The predicted molar refractivity (Wildman–Crippen MR) is 70.2 cm³/mol. The third kappa shape index (κ3) is 2.98. The van der Waals surface area contributed by atoms with Crippen LogP contribution in [0.1, 0.15) is 35.5 Å². The molecule has 18 heavy (non-hydrogen) atoms. The lowest BCUT2D eigenvalue weighted by Crippen LogP contribution is -2.35. The van der Waals surface area contributed by atoms with Crippen LogP contribution in [0.2, 0.25) is 0 Å². The molecule has 100 valence electrons. The van der Waals surface area contributed by atoms with Crippen LogP contribution in [-0.4, -0.2) is 40.4 Å². The van der Waals surface area contributed by atoms with E-state index < -0.39 is 5.97 Å². The van der Waals surface area contributed by atoms with E-state index in [1.54, 1.807) is 13.0 Å². The molecule has 1 heterocycles. The summed E-state index contributed by atoms with van der Waals surface area (Å²) in [7, 11) is 0. The molecule has 0 saturated carbocycles. The van der Waals surface area contributed by atoms with Crippen LogP contribution in [0.3, 0.4) is 0 Å². The first-order valence-corrected chi connectivity index (χ1v) is 5.97. The lowest BCUT2D eigenvalue weighted by atomic mass is 10.1. The summed E-state index contributed by atoms with van der Waals surface area (Å²) < 4.78 is 0. The molecular weight excluding hydrogens is 232 g/mol. The first kappa shape index (κ1) is 14.4. The van der Waals surface area contributed by atoms with Crippen molar-refractivity contribution in [3.05, 3.63) is 22.9 Å². The fourth-order valence-corrected chi connectivity index (χ4v) is 2.01. The van der Waals surface area contributed by atoms with E-state index in [4.69, 9.17) is 5.11 Å². The van der Waals surface area contributed by atoms with E-state index in [1.807, 2.05) is 25.7 Å². The van der Waals surface area contributed by atoms with Gasteiger partial charge in [0.25, 0.3) is 0 Å². The van der Waals surface area contributed by atoms with Crippen LogP contribution < -0.4 is 4.90 Å². The Morgan fingerprint density at radius 3 is 2.50 bits per heavy atom. The molecule has 0 fully saturated rings. The maximum Gasteiger partial charge on any atom is 0.339 e. The number of rotatable bonds is 5. The second-order valence-electron chi connectivity index (χ2n) is 4.60. The van der Waals surface area contributed by atoms with Crippen molar-refractivity contribution in [3.63, 3.8) is 0 Å². The monoisotopic (exact) mass is 252 g/mol. The predicted octanol–water partition coefficient (Wildman–Crippen LogP) is 1.60. The van der Waals surface area contributed by atoms with Gasteiger partial charge in [0.05, 0.1) is 6.61 Å². The molecule has 0 bridgehead atoms. The van der Waals surface area contributed by atoms with E-state index in [9.17, 15) is 9.90 Å². The zero-order valence-corrected chi connectivity index (χ0v) is 11.3. The molecule has 0 radical (unpaired) electrons. The third-order valence-electron chi connectivity index (χ3n) is 2.78. The molecule has 0 aliphatic rings. The Hall–Kier alpha value is -1.62. The molecule has 0 aliphatic heterocycles. The number of aliphatic hydroxyl groups excluding tert-OH is 1. The van der Waals surface area contributed by atoms with Crippen LogP contribution in [0.15, 0.2) is 6.07 Å². The van der Waals surface area contributed by atoms with Gasteiger partial charge in [-0.15, -0.1) is 0 Å². The summed E-state index contributed by atoms with van der Waals surface area (Å²) in [5.41, 5.74) is 1.67. The van der Waals surface area contributed by atoms with Crippen molar-refractivity contribution in [1.82, 2.24) is 4.98 Å². The van der Waals surface area contributed by atoms with E-state index in [0.717, 1.165) is 5.69 Å². The molecule has 1 aromatic heterocycles. The summed E-state index contributed by atoms with van der Waals surface area (Å²) in [5.74, 6) is -0.553. The standard InChI is InChI=1S/C13H20N2O3/c1-8(2)15(5-6-16)12-11(13(17)18)9(3)7-10(4)14-12/h7-8,16H,5-6H2,1-4H3,(H,17,18). The van der Waals surface area contributed by atoms with E-state index >= 15 is 0 Å². The Labute approximate surface area is 107 Å². The largest absolute Gasteiger partial charge is 0.478 e. The number of aromatic carboxylic acids is 1. The van der Waals surface area contributed by atoms with Crippen LogP contribution in [0.5, 0.6) is 0 Å². The van der Waals surface area contributed by atoms with Gasteiger partial charge < -0.3 is 15.1 Å². The molecule has 0 atom stereocenters. The van der Waals surface area contributed by atoms with Gasteiger partial charge in [-0.3, -0.25) is 0 Å². The maximum atomic E-state index is 11.4. The van der Waals surface area contributed by atoms with Gasteiger partial charge in [0, 0.05) is 18.3 Å². The van der Waals surface area contributed by atoms with Gasteiger partial charge in [0.2, 0.25) is 0 Å². The number of aryl methyl sites for hydroxylation is 2. The van der Waals surface area contributed by atoms with Gasteiger partial charge in [0.1, 0.15) is 11.4 Å². The molecule has 2 N–H and O–H groups in total. The summed E-state index contributed by atoms with van der Waals surface area (Å²) >= 11 is 0. The van der Waals surface area contributed by atoms with Crippen LogP contribution in [0.25, 0.3) is 0 Å². The van der Waals surface area contributed by atoms with Gasteiger partial charge in [-0.25, -0.2) is 9.78 Å². The second-order valence-corrected chi connectivity index (χ2v) is 4.60. The number of carboxylic acids is 1. The molecule has 0 aliphatic carbocycles. The summed E-state index contributed by atoms with van der Waals surface area (Å²) in [6, 6.07) is 1.83. The minimum Gasteiger partial charge on any atom is -0.478 e. The Bertz CT molecular complexity index is 444. The first-order chi connectivity index (χ1) is 8.38. The van der Waals surface area contributed by atoms with Crippen LogP contribution in [0.4, 0.5) is 5.82 Å². The van der Waals surface area contributed by atoms with Crippen LogP contribution in [0, 0.1) is 13.8 Å².